The molecule has 0 spiro atoms. The molecule has 2 amide bonds. The largest absolute Gasteiger partial charge is 0.465 e. The molecule has 2 aromatic heterocycles. The highest BCUT2D eigenvalue weighted by Gasteiger charge is 2.19. The summed E-state index contributed by atoms with van der Waals surface area (Å²) in [6.45, 7) is 0. The zero-order valence-corrected chi connectivity index (χ0v) is 23.2. The van der Waals surface area contributed by atoms with E-state index in [2.05, 4.69) is 36.4 Å². The van der Waals surface area contributed by atoms with Gasteiger partial charge in [0.15, 0.2) is 5.15 Å². The number of hydrogen-bond acceptors (Lipinski definition) is 7. The highest BCUT2D eigenvalue weighted by atomic mass is 35.5. The third kappa shape index (κ3) is 7.14. The number of carboxylic acid groups (broad SMARTS) is 1. The van der Waals surface area contributed by atoms with Crippen LogP contribution < -0.4 is 10.6 Å². The Kier molecular flexibility index (Phi) is 8.81. The van der Waals surface area contributed by atoms with Gasteiger partial charge in [-0.2, -0.15) is 9.78 Å². The Hall–Kier alpha value is -5.13. The summed E-state index contributed by atoms with van der Waals surface area (Å²) in [5.41, 5.74) is 4.44. The maximum absolute atomic E-state index is 13.2. The molecule has 5 aromatic rings. The number of carbonyl (C=O) groups excluding carboxylic acids is 1. The van der Waals surface area contributed by atoms with Crippen molar-refractivity contribution in [2.45, 2.75) is 12.5 Å². The van der Waals surface area contributed by atoms with Crippen molar-refractivity contribution >= 4 is 47.0 Å². The molecular weight excluding hydrogens is 579 g/mol. The smallest absolute Gasteiger partial charge is 0.409 e. The molecule has 5 rings (SSSR count). The van der Waals surface area contributed by atoms with Gasteiger partial charge in [0.2, 0.25) is 5.91 Å². The Labute approximate surface area is 249 Å². The Morgan fingerprint density at radius 3 is 2.48 bits per heavy atom. The van der Waals surface area contributed by atoms with Crippen molar-refractivity contribution in [3.8, 4) is 16.8 Å². The maximum atomic E-state index is 13.2. The number of aromatic nitrogens is 6. The van der Waals surface area contributed by atoms with Gasteiger partial charge in [0.1, 0.15) is 6.33 Å². The molecular formula is C29H22Cl2N8O3. The topological polar surface area (TPSA) is 148 Å². The second-order valence-corrected chi connectivity index (χ2v) is 9.82. The van der Waals surface area contributed by atoms with Crippen LogP contribution in [-0.2, 0) is 11.2 Å². The monoisotopic (exact) mass is 600 g/mol. The Morgan fingerprint density at radius 2 is 1.76 bits per heavy atom. The van der Waals surface area contributed by atoms with Crippen LogP contribution in [0.25, 0.3) is 22.9 Å². The molecule has 0 saturated carbocycles. The van der Waals surface area contributed by atoms with Crippen molar-refractivity contribution in [1.29, 1.82) is 0 Å². The van der Waals surface area contributed by atoms with Crippen LogP contribution in [0.5, 0.6) is 0 Å². The molecule has 1 atom stereocenters. The van der Waals surface area contributed by atoms with Crippen LogP contribution in [0, 0.1) is 0 Å². The molecule has 0 aliphatic heterocycles. The highest BCUT2D eigenvalue weighted by Crippen LogP contribution is 2.30. The predicted molar refractivity (Wildman–Crippen MR) is 158 cm³/mol. The van der Waals surface area contributed by atoms with Gasteiger partial charge in [-0.1, -0.05) is 65.7 Å². The zero-order chi connectivity index (χ0) is 29.5. The fourth-order valence-electron chi connectivity index (χ4n) is 4.22. The summed E-state index contributed by atoms with van der Waals surface area (Å²) in [6, 6.07) is 22.7. The molecule has 2 heterocycles. The van der Waals surface area contributed by atoms with Crippen molar-refractivity contribution in [1.82, 2.24) is 35.7 Å². The SMILES string of the molecule is O=C(O)Nc1ccc(-c2cc(C(Cc3ccccc3)NC(=O)C=Cc3cc(Cl)ccc3-n3cnnn3)nnc2Cl)cc1. The van der Waals surface area contributed by atoms with Crippen molar-refractivity contribution in [3.63, 3.8) is 0 Å². The van der Waals surface area contributed by atoms with E-state index in [1.54, 1.807) is 54.6 Å². The van der Waals surface area contributed by atoms with Crippen molar-refractivity contribution in [2.24, 2.45) is 0 Å². The number of benzene rings is 3. The second kappa shape index (κ2) is 13.0. The minimum absolute atomic E-state index is 0.165. The molecule has 0 aliphatic carbocycles. The van der Waals surface area contributed by atoms with Crippen molar-refractivity contribution in [2.75, 3.05) is 5.32 Å². The second-order valence-electron chi connectivity index (χ2n) is 9.02. The van der Waals surface area contributed by atoms with Crippen LogP contribution in [0.3, 0.4) is 0 Å². The van der Waals surface area contributed by atoms with E-state index in [1.165, 1.54) is 17.1 Å². The average molecular weight is 601 g/mol. The summed E-state index contributed by atoms with van der Waals surface area (Å²) in [7, 11) is 0. The maximum Gasteiger partial charge on any atom is 0.409 e. The Morgan fingerprint density at radius 1 is 0.976 bits per heavy atom. The Bertz CT molecular complexity index is 1730. The van der Waals surface area contributed by atoms with E-state index in [0.29, 0.717) is 45.2 Å². The van der Waals surface area contributed by atoms with E-state index < -0.39 is 12.1 Å². The van der Waals surface area contributed by atoms with Crippen LogP contribution in [0.1, 0.15) is 22.9 Å². The highest BCUT2D eigenvalue weighted by molar-refractivity contribution is 6.32. The number of rotatable bonds is 9. The van der Waals surface area contributed by atoms with E-state index >= 15 is 0 Å². The summed E-state index contributed by atoms with van der Waals surface area (Å²) in [5, 5.41) is 34.6. The van der Waals surface area contributed by atoms with E-state index in [9.17, 15) is 9.59 Å². The van der Waals surface area contributed by atoms with Crippen LogP contribution in [0.4, 0.5) is 10.5 Å². The van der Waals surface area contributed by atoms with Gasteiger partial charge in [-0.05, 0) is 70.4 Å². The number of nitrogens with zero attached hydrogens (tertiary/aromatic N) is 6. The molecule has 0 fully saturated rings. The number of nitrogens with one attached hydrogen (secondary N) is 2. The standard InChI is InChI=1S/C29H22Cl2N8O3/c30-21-9-12-26(39-17-32-37-38-39)20(15-21)8-13-27(40)34-24(14-18-4-2-1-3-5-18)25-16-23(28(31)36-35-25)19-6-10-22(11-7-19)33-29(41)42/h1-13,15-17,24,33H,14H2,(H,34,40)(H,41,42). The third-order valence-corrected chi connectivity index (χ3v) is 6.69. The first kappa shape index (κ1) is 28.4. The van der Waals surface area contributed by atoms with Crippen molar-refractivity contribution < 1.29 is 14.7 Å². The molecule has 3 N–H and O–H groups in total. The summed E-state index contributed by atoms with van der Waals surface area (Å²) in [5.74, 6) is -0.374. The lowest BCUT2D eigenvalue weighted by atomic mass is 10.00. The summed E-state index contributed by atoms with van der Waals surface area (Å²) in [4.78, 5) is 24.2. The first-order valence-corrected chi connectivity index (χ1v) is 13.3. The molecule has 42 heavy (non-hydrogen) atoms. The Balaban J connectivity index is 1.43. The van der Waals surface area contributed by atoms with E-state index in [1.807, 2.05) is 30.3 Å². The minimum Gasteiger partial charge on any atom is -0.465 e. The average Bonchev–Trinajstić information content (AvgIpc) is 3.52. The molecule has 0 radical (unpaired) electrons. The van der Waals surface area contributed by atoms with Gasteiger partial charge in [-0.25, -0.2) is 4.79 Å². The minimum atomic E-state index is -1.16. The lowest BCUT2D eigenvalue weighted by Gasteiger charge is -2.18. The van der Waals surface area contributed by atoms with Crippen LogP contribution in [0.2, 0.25) is 10.2 Å². The first-order chi connectivity index (χ1) is 20.4. The number of carbonyl (C=O) groups is 2. The number of amides is 2. The molecule has 0 bridgehead atoms. The normalized spacial score (nSPS) is 11.8. The first-order valence-electron chi connectivity index (χ1n) is 12.5. The van der Waals surface area contributed by atoms with Gasteiger partial charge in [-0.15, -0.1) is 10.2 Å². The van der Waals surface area contributed by atoms with Crippen LogP contribution in [-0.4, -0.2) is 47.5 Å². The van der Waals surface area contributed by atoms with E-state index in [-0.39, 0.29) is 11.1 Å². The van der Waals surface area contributed by atoms with Crippen LogP contribution in [0.15, 0.2) is 91.3 Å². The number of anilines is 1. The van der Waals surface area contributed by atoms with Gasteiger partial charge < -0.3 is 10.4 Å². The quantitative estimate of drug-likeness (QED) is 0.184. The molecule has 0 saturated heterocycles. The van der Waals surface area contributed by atoms with Crippen LogP contribution >= 0.6 is 23.2 Å². The molecule has 3 aromatic carbocycles. The lowest BCUT2D eigenvalue weighted by Crippen LogP contribution is -2.29. The number of tetrazole rings is 1. The number of hydrogen-bond donors (Lipinski definition) is 3. The summed E-state index contributed by atoms with van der Waals surface area (Å²) in [6.07, 6.45) is 3.75. The van der Waals surface area contributed by atoms with E-state index in [0.717, 1.165) is 5.56 Å². The zero-order valence-electron chi connectivity index (χ0n) is 21.7. The molecule has 210 valence electrons. The van der Waals surface area contributed by atoms with Gasteiger partial charge in [0, 0.05) is 27.9 Å². The van der Waals surface area contributed by atoms with E-state index in [4.69, 9.17) is 28.3 Å². The van der Waals surface area contributed by atoms with Gasteiger partial charge in [0.05, 0.1) is 17.4 Å². The number of halogens is 2. The fraction of sp³-hybridized carbons (Fsp3) is 0.0690. The molecule has 11 nitrogen and oxygen atoms in total. The summed E-state index contributed by atoms with van der Waals surface area (Å²) >= 11 is 12.6. The fourth-order valence-corrected chi connectivity index (χ4v) is 4.61. The molecule has 13 heteroatoms. The molecule has 0 aliphatic rings. The lowest BCUT2D eigenvalue weighted by molar-refractivity contribution is -0.117. The third-order valence-electron chi connectivity index (χ3n) is 6.17. The predicted octanol–water partition coefficient (Wildman–Crippen LogP) is 5.63. The van der Waals surface area contributed by atoms with Crippen molar-refractivity contribution in [3.05, 3.63) is 118 Å². The summed E-state index contributed by atoms with van der Waals surface area (Å²) < 4.78 is 1.47. The van der Waals surface area contributed by atoms with Gasteiger partial charge in [0.25, 0.3) is 0 Å². The van der Waals surface area contributed by atoms with Gasteiger partial charge >= 0.3 is 6.09 Å². The molecule has 1 unspecified atom stereocenters. The van der Waals surface area contributed by atoms with Gasteiger partial charge in [-0.3, -0.25) is 10.1 Å².